The minimum absolute atomic E-state index is 0. The van der Waals surface area contributed by atoms with Gasteiger partial charge >= 0.3 is 0 Å². The quantitative estimate of drug-likeness (QED) is 0.368. The summed E-state index contributed by atoms with van der Waals surface area (Å²) in [6, 6.07) is 13.7. The Morgan fingerprint density at radius 3 is 2.69 bits per heavy atom. The van der Waals surface area contributed by atoms with Crippen LogP contribution >= 0.6 is 35.8 Å². The smallest absolute Gasteiger partial charge is 0.209 e. The van der Waals surface area contributed by atoms with E-state index < -0.39 is 0 Å². The first kappa shape index (κ1) is 23.3. The molecule has 156 valence electrons. The number of methoxy groups -OCH3 is 1. The van der Waals surface area contributed by atoms with Crippen molar-refractivity contribution in [2.75, 3.05) is 19.4 Å². The minimum Gasteiger partial charge on any atom is -0.493 e. The molecule has 2 aromatic carbocycles. The Bertz CT molecular complexity index is 896. The van der Waals surface area contributed by atoms with Crippen LogP contribution in [0, 0.1) is 0 Å². The van der Waals surface area contributed by atoms with Crippen LogP contribution in [0.2, 0.25) is 5.02 Å². The van der Waals surface area contributed by atoms with Crippen LogP contribution in [-0.4, -0.2) is 39.6 Å². The van der Waals surface area contributed by atoms with E-state index in [-0.39, 0.29) is 12.4 Å². The molecule has 3 aromatic rings. The van der Waals surface area contributed by atoms with Gasteiger partial charge in [0.05, 0.1) is 7.11 Å². The third-order valence-electron chi connectivity index (χ3n) is 3.95. The summed E-state index contributed by atoms with van der Waals surface area (Å²) in [6.45, 7) is 1.85. The first-order valence-corrected chi connectivity index (χ1v) is 10.1. The molecule has 1 N–H and O–H groups in total. The number of hydrogen-bond donors (Lipinski definition) is 1. The Kier molecular flexibility index (Phi) is 9.53. The zero-order valence-corrected chi connectivity index (χ0v) is 18.6. The maximum atomic E-state index is 6.25. The number of nitrogens with one attached hydrogen (secondary N) is 1. The van der Waals surface area contributed by atoms with Crippen molar-refractivity contribution >= 4 is 35.8 Å². The van der Waals surface area contributed by atoms with Gasteiger partial charge in [0, 0.05) is 42.5 Å². The Hall–Kier alpha value is -2.00. The number of aryl methyl sites for hydroxylation is 1. The zero-order valence-electron chi connectivity index (χ0n) is 16.2. The van der Waals surface area contributed by atoms with E-state index in [9.17, 15) is 0 Å². The highest BCUT2D eigenvalue weighted by Crippen LogP contribution is 2.35. The van der Waals surface area contributed by atoms with E-state index >= 15 is 0 Å². The number of aromatic nitrogens is 4. The Morgan fingerprint density at radius 1 is 1.21 bits per heavy atom. The molecule has 0 saturated carbocycles. The van der Waals surface area contributed by atoms with Crippen molar-refractivity contribution in [2.24, 2.45) is 7.05 Å². The molecule has 0 aliphatic heterocycles. The van der Waals surface area contributed by atoms with Crippen LogP contribution in [0.25, 0.3) is 0 Å². The first-order chi connectivity index (χ1) is 13.7. The molecule has 0 aliphatic rings. The highest BCUT2D eigenvalue weighted by atomic mass is 35.5. The second-order valence-corrected chi connectivity index (χ2v) is 7.48. The Balaban J connectivity index is 0.00000300. The monoisotopic (exact) mass is 455 g/mol. The summed E-state index contributed by atoms with van der Waals surface area (Å²) >= 11 is 7.84. The molecule has 0 spiro atoms. The molecule has 0 aliphatic carbocycles. The number of benzene rings is 2. The number of hydrogen-bond acceptors (Lipinski definition) is 7. The third kappa shape index (κ3) is 6.78. The van der Waals surface area contributed by atoms with Crippen LogP contribution in [0.5, 0.6) is 11.5 Å². The fraction of sp³-hybridized carbons (Fsp3) is 0.316. The van der Waals surface area contributed by atoms with Gasteiger partial charge in [0.1, 0.15) is 6.61 Å². The van der Waals surface area contributed by atoms with Crippen LogP contribution in [0.4, 0.5) is 0 Å². The number of ether oxygens (including phenoxy) is 2. The highest BCUT2D eigenvalue weighted by Gasteiger charge is 2.13. The zero-order chi connectivity index (χ0) is 19.8. The van der Waals surface area contributed by atoms with Crippen molar-refractivity contribution in [1.29, 1.82) is 0 Å². The highest BCUT2D eigenvalue weighted by molar-refractivity contribution is 7.99. The van der Waals surface area contributed by atoms with E-state index in [2.05, 4.69) is 20.8 Å². The van der Waals surface area contributed by atoms with Crippen LogP contribution in [0.1, 0.15) is 11.1 Å². The molecular formula is C19H23Cl2N5O2S. The van der Waals surface area contributed by atoms with Gasteiger partial charge < -0.3 is 14.8 Å². The van der Waals surface area contributed by atoms with Gasteiger partial charge in [-0.2, -0.15) is 0 Å². The predicted octanol–water partition coefficient (Wildman–Crippen LogP) is 3.75. The molecule has 7 nitrogen and oxygen atoms in total. The lowest BCUT2D eigenvalue weighted by molar-refractivity contribution is 0.281. The van der Waals surface area contributed by atoms with Crippen molar-refractivity contribution < 1.29 is 9.47 Å². The second-order valence-electron chi connectivity index (χ2n) is 5.98. The van der Waals surface area contributed by atoms with Gasteiger partial charge in [0.25, 0.3) is 0 Å². The molecule has 0 unspecified atom stereocenters. The van der Waals surface area contributed by atoms with E-state index in [4.69, 9.17) is 21.1 Å². The summed E-state index contributed by atoms with van der Waals surface area (Å²) < 4.78 is 13.2. The molecule has 0 radical (unpaired) electrons. The summed E-state index contributed by atoms with van der Waals surface area (Å²) in [7, 11) is 3.44. The van der Waals surface area contributed by atoms with Crippen molar-refractivity contribution in [3.05, 3.63) is 58.6 Å². The average molecular weight is 456 g/mol. The maximum absolute atomic E-state index is 6.25. The Morgan fingerprint density at radius 2 is 2.00 bits per heavy atom. The van der Waals surface area contributed by atoms with Crippen molar-refractivity contribution in [1.82, 2.24) is 25.5 Å². The first-order valence-electron chi connectivity index (χ1n) is 8.76. The van der Waals surface area contributed by atoms with Gasteiger partial charge in [-0.15, -0.1) is 17.5 Å². The third-order valence-corrected chi connectivity index (χ3v) is 5.18. The number of nitrogens with zero attached hydrogens (tertiary/aromatic N) is 4. The number of rotatable bonds is 10. The minimum atomic E-state index is 0. The van der Waals surface area contributed by atoms with E-state index in [1.165, 1.54) is 0 Å². The average Bonchev–Trinajstić information content (AvgIpc) is 3.12. The van der Waals surface area contributed by atoms with Gasteiger partial charge in [-0.3, -0.25) is 0 Å². The van der Waals surface area contributed by atoms with Crippen LogP contribution in [0.15, 0.2) is 47.6 Å². The number of halogens is 2. The lowest BCUT2D eigenvalue weighted by atomic mass is 10.1. The SMILES string of the molecule is COc1cc(Cl)cc(CNCCSc2nnnn2C)c1OCc1ccccc1.Cl. The molecule has 0 amide bonds. The van der Waals surface area contributed by atoms with E-state index in [0.29, 0.717) is 29.7 Å². The molecule has 1 heterocycles. The summed E-state index contributed by atoms with van der Waals surface area (Å²) in [5.74, 6) is 2.17. The van der Waals surface area contributed by atoms with Gasteiger partial charge in [-0.05, 0) is 22.1 Å². The van der Waals surface area contributed by atoms with Crippen molar-refractivity contribution in [3.63, 3.8) is 0 Å². The maximum Gasteiger partial charge on any atom is 0.209 e. The topological polar surface area (TPSA) is 74.1 Å². The van der Waals surface area contributed by atoms with Crippen LogP contribution in [-0.2, 0) is 20.2 Å². The van der Waals surface area contributed by atoms with Crippen LogP contribution < -0.4 is 14.8 Å². The number of tetrazole rings is 1. The van der Waals surface area contributed by atoms with E-state index in [1.807, 2.05) is 43.4 Å². The molecule has 0 fully saturated rings. The van der Waals surface area contributed by atoms with Gasteiger partial charge in [-0.25, -0.2) is 4.68 Å². The van der Waals surface area contributed by atoms with Crippen molar-refractivity contribution in [3.8, 4) is 11.5 Å². The summed E-state index contributed by atoms with van der Waals surface area (Å²) in [4.78, 5) is 0. The Labute approximate surface area is 185 Å². The standard InChI is InChI=1S/C19H22ClN5O2S.ClH/c1-25-19(22-23-24-25)28-9-8-21-12-15-10-16(20)11-17(26-2)18(15)27-13-14-6-4-3-5-7-14;/h3-7,10-11,21H,8-9,12-13H2,1-2H3;1H. The van der Waals surface area contributed by atoms with Crippen LogP contribution in [0.3, 0.4) is 0 Å². The van der Waals surface area contributed by atoms with Gasteiger partial charge in [0.2, 0.25) is 5.16 Å². The molecule has 1 aromatic heterocycles. The molecule has 29 heavy (non-hydrogen) atoms. The van der Waals surface area contributed by atoms with Gasteiger partial charge in [0.15, 0.2) is 11.5 Å². The normalized spacial score (nSPS) is 10.4. The predicted molar refractivity (Wildman–Crippen MR) is 117 cm³/mol. The molecule has 0 atom stereocenters. The van der Waals surface area contributed by atoms with Gasteiger partial charge in [-0.1, -0.05) is 53.7 Å². The fourth-order valence-electron chi connectivity index (χ4n) is 2.58. The second kappa shape index (κ2) is 11.9. The molecular weight excluding hydrogens is 433 g/mol. The van der Waals surface area contributed by atoms with E-state index in [1.54, 1.807) is 29.6 Å². The lowest BCUT2D eigenvalue weighted by Gasteiger charge is -2.16. The summed E-state index contributed by atoms with van der Waals surface area (Å²) in [5.41, 5.74) is 2.04. The van der Waals surface area contributed by atoms with Crippen molar-refractivity contribution in [2.45, 2.75) is 18.3 Å². The summed E-state index contributed by atoms with van der Waals surface area (Å²) in [5, 5.41) is 16.2. The molecule has 0 saturated heterocycles. The molecule has 10 heteroatoms. The van der Waals surface area contributed by atoms with E-state index in [0.717, 1.165) is 28.6 Å². The largest absolute Gasteiger partial charge is 0.493 e. The molecule has 0 bridgehead atoms. The fourth-order valence-corrected chi connectivity index (χ4v) is 3.56. The lowest BCUT2D eigenvalue weighted by Crippen LogP contribution is -2.17. The molecule has 3 rings (SSSR count). The summed E-state index contributed by atoms with van der Waals surface area (Å²) in [6.07, 6.45) is 0. The number of thioether (sulfide) groups is 1.